The van der Waals surface area contributed by atoms with Gasteiger partial charge in [-0.05, 0) is 24.1 Å². The standard InChI is InChI=1S/C9H12N2O2.BrH/c10-8(9(11)13)5-6-1-3-7(12)4-2-6;/h1-4,8,12H,5,10H2,(H2,11,13);1H/t8-;/m0./s1. The van der Waals surface area contributed by atoms with Crippen LogP contribution in [0.15, 0.2) is 24.3 Å². The number of primary amides is 1. The minimum atomic E-state index is -0.662. The molecule has 5 heteroatoms. The molecule has 0 heterocycles. The van der Waals surface area contributed by atoms with Crippen molar-refractivity contribution in [3.05, 3.63) is 29.8 Å². The molecule has 4 nitrogen and oxygen atoms in total. The summed E-state index contributed by atoms with van der Waals surface area (Å²) in [6.07, 6.45) is 0.398. The Balaban J connectivity index is 0.00000169. The molecule has 5 N–H and O–H groups in total. The molecular formula is C9H13BrN2O2. The van der Waals surface area contributed by atoms with Gasteiger partial charge in [-0.15, -0.1) is 17.0 Å². The van der Waals surface area contributed by atoms with Crippen LogP contribution >= 0.6 is 17.0 Å². The number of hydrogen-bond donors (Lipinski definition) is 3. The van der Waals surface area contributed by atoms with Crippen molar-refractivity contribution < 1.29 is 9.90 Å². The van der Waals surface area contributed by atoms with Crippen molar-refractivity contribution >= 4 is 22.9 Å². The molecule has 1 aromatic carbocycles. The van der Waals surface area contributed by atoms with Crippen LogP contribution in [-0.2, 0) is 11.2 Å². The summed E-state index contributed by atoms with van der Waals surface area (Å²) < 4.78 is 0. The maximum Gasteiger partial charge on any atom is 0.234 e. The van der Waals surface area contributed by atoms with Gasteiger partial charge in [0, 0.05) is 0 Å². The Morgan fingerprint density at radius 3 is 2.29 bits per heavy atom. The number of nitrogens with two attached hydrogens (primary N) is 2. The minimum absolute atomic E-state index is 0. The first-order chi connectivity index (χ1) is 6.09. The second kappa shape index (κ2) is 5.62. The van der Waals surface area contributed by atoms with Crippen molar-refractivity contribution in [3.8, 4) is 5.75 Å². The molecule has 78 valence electrons. The Labute approximate surface area is 92.7 Å². The SMILES string of the molecule is Br.NC(=O)[C@@H](N)Cc1ccc(O)cc1. The zero-order valence-electron chi connectivity index (χ0n) is 7.51. The van der Waals surface area contributed by atoms with E-state index in [9.17, 15) is 4.79 Å². The van der Waals surface area contributed by atoms with E-state index in [0.717, 1.165) is 5.56 Å². The van der Waals surface area contributed by atoms with E-state index in [1.54, 1.807) is 24.3 Å². The Hall–Kier alpha value is -1.07. The number of phenolic OH excluding ortho intramolecular Hbond substituents is 1. The molecule has 0 bridgehead atoms. The van der Waals surface area contributed by atoms with Gasteiger partial charge < -0.3 is 16.6 Å². The highest BCUT2D eigenvalue weighted by atomic mass is 79.9. The van der Waals surface area contributed by atoms with Crippen LogP contribution in [0.5, 0.6) is 5.75 Å². The third-order valence-corrected chi connectivity index (χ3v) is 1.76. The zero-order chi connectivity index (χ0) is 9.84. The number of carbonyl (C=O) groups is 1. The number of carbonyl (C=O) groups excluding carboxylic acids is 1. The number of halogens is 1. The summed E-state index contributed by atoms with van der Waals surface area (Å²) in [7, 11) is 0. The maximum atomic E-state index is 10.6. The van der Waals surface area contributed by atoms with Gasteiger partial charge in [-0.25, -0.2) is 0 Å². The van der Waals surface area contributed by atoms with Gasteiger partial charge in [-0.3, -0.25) is 4.79 Å². The molecule has 0 aliphatic carbocycles. The molecule has 0 unspecified atom stereocenters. The van der Waals surface area contributed by atoms with Crippen LogP contribution in [0.3, 0.4) is 0 Å². The van der Waals surface area contributed by atoms with Gasteiger partial charge >= 0.3 is 0 Å². The predicted molar refractivity (Wildman–Crippen MR) is 59.3 cm³/mol. The van der Waals surface area contributed by atoms with E-state index in [2.05, 4.69) is 0 Å². The number of phenols is 1. The molecule has 0 fully saturated rings. The molecule has 0 aliphatic heterocycles. The molecule has 1 rings (SSSR count). The minimum Gasteiger partial charge on any atom is -0.508 e. The van der Waals surface area contributed by atoms with Crippen molar-refractivity contribution in [3.63, 3.8) is 0 Å². The Kier molecular flexibility index (Phi) is 5.19. The Morgan fingerprint density at radius 1 is 1.36 bits per heavy atom. The first-order valence-corrected chi connectivity index (χ1v) is 3.92. The van der Waals surface area contributed by atoms with Crippen LogP contribution in [0.1, 0.15) is 5.56 Å². The van der Waals surface area contributed by atoms with Gasteiger partial charge in [0.2, 0.25) is 5.91 Å². The van der Waals surface area contributed by atoms with E-state index >= 15 is 0 Å². The van der Waals surface area contributed by atoms with Crippen LogP contribution < -0.4 is 11.5 Å². The lowest BCUT2D eigenvalue weighted by molar-refractivity contribution is -0.119. The maximum absolute atomic E-state index is 10.6. The largest absolute Gasteiger partial charge is 0.508 e. The lowest BCUT2D eigenvalue weighted by atomic mass is 10.1. The van der Waals surface area contributed by atoms with Crippen LogP contribution in [0, 0.1) is 0 Å². The lowest BCUT2D eigenvalue weighted by Gasteiger charge is -2.06. The summed E-state index contributed by atoms with van der Waals surface area (Å²) in [4.78, 5) is 10.6. The highest BCUT2D eigenvalue weighted by molar-refractivity contribution is 8.93. The van der Waals surface area contributed by atoms with Gasteiger partial charge in [0.15, 0.2) is 0 Å². The molecular weight excluding hydrogens is 248 g/mol. The van der Waals surface area contributed by atoms with Crippen LogP contribution in [0.25, 0.3) is 0 Å². The molecule has 0 aromatic heterocycles. The Bertz CT molecular complexity index is 300. The smallest absolute Gasteiger partial charge is 0.234 e. The summed E-state index contributed by atoms with van der Waals surface area (Å²) in [5, 5.41) is 8.98. The lowest BCUT2D eigenvalue weighted by Crippen LogP contribution is -2.38. The second-order valence-corrected chi connectivity index (χ2v) is 2.88. The molecule has 0 saturated carbocycles. The predicted octanol–water partition coefficient (Wildman–Crippen LogP) is 0.325. The van der Waals surface area contributed by atoms with Crippen molar-refractivity contribution in [1.82, 2.24) is 0 Å². The highest BCUT2D eigenvalue weighted by Gasteiger charge is 2.09. The van der Waals surface area contributed by atoms with Crippen molar-refractivity contribution in [2.75, 3.05) is 0 Å². The van der Waals surface area contributed by atoms with Gasteiger partial charge in [0.05, 0.1) is 6.04 Å². The summed E-state index contributed by atoms with van der Waals surface area (Å²) in [5.41, 5.74) is 11.3. The second-order valence-electron chi connectivity index (χ2n) is 2.88. The van der Waals surface area contributed by atoms with E-state index in [1.165, 1.54) is 0 Å². The molecule has 0 radical (unpaired) electrons. The average molecular weight is 261 g/mol. The summed E-state index contributed by atoms with van der Waals surface area (Å²) in [6.45, 7) is 0. The molecule has 0 spiro atoms. The van der Waals surface area contributed by atoms with E-state index in [1.807, 2.05) is 0 Å². The van der Waals surface area contributed by atoms with E-state index < -0.39 is 11.9 Å². The third-order valence-electron chi connectivity index (χ3n) is 1.76. The number of hydrogen-bond acceptors (Lipinski definition) is 3. The van der Waals surface area contributed by atoms with E-state index in [-0.39, 0.29) is 22.7 Å². The van der Waals surface area contributed by atoms with Gasteiger partial charge in [0.25, 0.3) is 0 Å². The van der Waals surface area contributed by atoms with Crippen LogP contribution in [-0.4, -0.2) is 17.1 Å². The first-order valence-electron chi connectivity index (χ1n) is 3.92. The fourth-order valence-electron chi connectivity index (χ4n) is 0.987. The van der Waals surface area contributed by atoms with Crippen molar-refractivity contribution in [2.45, 2.75) is 12.5 Å². The van der Waals surface area contributed by atoms with Gasteiger partial charge in [-0.2, -0.15) is 0 Å². The third kappa shape index (κ3) is 3.76. The molecule has 0 aliphatic rings. The number of aromatic hydroxyl groups is 1. The normalized spacial score (nSPS) is 11.5. The molecule has 0 saturated heterocycles. The quantitative estimate of drug-likeness (QED) is 0.732. The molecule has 14 heavy (non-hydrogen) atoms. The van der Waals surface area contributed by atoms with Crippen molar-refractivity contribution in [1.29, 1.82) is 0 Å². The average Bonchev–Trinajstić information content (AvgIpc) is 2.08. The fraction of sp³-hybridized carbons (Fsp3) is 0.222. The van der Waals surface area contributed by atoms with E-state index in [0.29, 0.717) is 6.42 Å². The van der Waals surface area contributed by atoms with Crippen LogP contribution in [0.2, 0.25) is 0 Å². The van der Waals surface area contributed by atoms with Gasteiger partial charge in [0.1, 0.15) is 5.75 Å². The number of rotatable bonds is 3. The van der Waals surface area contributed by atoms with Crippen molar-refractivity contribution in [2.24, 2.45) is 11.5 Å². The first kappa shape index (κ1) is 12.9. The monoisotopic (exact) mass is 260 g/mol. The highest BCUT2D eigenvalue weighted by Crippen LogP contribution is 2.10. The summed E-state index contributed by atoms with van der Waals surface area (Å²) >= 11 is 0. The molecule has 1 amide bonds. The summed E-state index contributed by atoms with van der Waals surface area (Å²) in [5.74, 6) is -0.329. The molecule has 1 aromatic rings. The van der Waals surface area contributed by atoms with E-state index in [4.69, 9.17) is 16.6 Å². The number of amides is 1. The zero-order valence-corrected chi connectivity index (χ0v) is 9.23. The molecule has 1 atom stereocenters. The van der Waals surface area contributed by atoms with Gasteiger partial charge in [-0.1, -0.05) is 12.1 Å². The Morgan fingerprint density at radius 2 is 1.86 bits per heavy atom. The fourth-order valence-corrected chi connectivity index (χ4v) is 0.987. The number of benzene rings is 1. The summed E-state index contributed by atoms with van der Waals surface area (Å²) in [6, 6.07) is 5.84. The van der Waals surface area contributed by atoms with Crippen LogP contribution in [0.4, 0.5) is 0 Å². The topological polar surface area (TPSA) is 89.3 Å².